The van der Waals surface area contributed by atoms with E-state index in [1.54, 1.807) is 0 Å². The molecule has 0 heterocycles. The molecule has 1 aromatic carbocycles. The molecular formula is C9H8ClNO4. The Kier molecular flexibility index (Phi) is 5.89. The highest BCUT2D eigenvalue weighted by Gasteiger charge is 2.11. The van der Waals surface area contributed by atoms with Crippen LogP contribution in [0.1, 0.15) is 17.3 Å². The van der Waals surface area contributed by atoms with Crippen molar-refractivity contribution in [1.82, 2.24) is 0 Å². The highest BCUT2D eigenvalue weighted by atomic mass is 35.5. The van der Waals surface area contributed by atoms with Crippen LogP contribution in [0, 0.1) is 10.1 Å². The van der Waals surface area contributed by atoms with Gasteiger partial charge in [0.15, 0.2) is 0 Å². The maximum absolute atomic E-state index is 10.3. The molecule has 0 aromatic heterocycles. The van der Waals surface area contributed by atoms with E-state index >= 15 is 0 Å². The fraction of sp³-hybridized carbons (Fsp3) is 0.111. The average Bonchev–Trinajstić information content (AvgIpc) is 2.19. The Morgan fingerprint density at radius 1 is 1.40 bits per heavy atom. The van der Waals surface area contributed by atoms with Gasteiger partial charge in [-0.25, -0.2) is 0 Å². The molecule has 0 aliphatic rings. The molecule has 0 unspecified atom stereocenters. The number of nitro groups is 1. The lowest BCUT2D eigenvalue weighted by atomic mass is 10.2. The summed E-state index contributed by atoms with van der Waals surface area (Å²) in [6, 6.07) is 3.88. The Morgan fingerprint density at radius 3 is 2.33 bits per heavy atom. The Balaban J connectivity index is 0.000000583. The summed E-state index contributed by atoms with van der Waals surface area (Å²) in [7, 11) is 0. The number of halogens is 1. The summed E-state index contributed by atoms with van der Waals surface area (Å²) in [5, 5.41) is 10.3. The molecule has 5 nitrogen and oxygen atoms in total. The van der Waals surface area contributed by atoms with Gasteiger partial charge in [-0.15, -0.1) is 0 Å². The van der Waals surface area contributed by atoms with E-state index in [-0.39, 0.29) is 16.3 Å². The largest absolute Gasteiger partial charge is 0.304 e. The number of benzene rings is 1. The van der Waals surface area contributed by atoms with Gasteiger partial charge in [0, 0.05) is 11.6 Å². The third-order valence-electron chi connectivity index (χ3n) is 1.30. The normalized spacial score (nSPS) is 8.40. The Hall–Kier alpha value is -1.75. The van der Waals surface area contributed by atoms with E-state index in [0.29, 0.717) is 6.29 Å². The van der Waals surface area contributed by atoms with Crippen molar-refractivity contribution in [2.45, 2.75) is 6.92 Å². The molecule has 0 atom stereocenters. The van der Waals surface area contributed by atoms with E-state index in [2.05, 4.69) is 0 Å². The van der Waals surface area contributed by atoms with Gasteiger partial charge in [0.25, 0.3) is 5.69 Å². The third kappa shape index (κ3) is 4.33. The van der Waals surface area contributed by atoms with E-state index in [9.17, 15) is 14.9 Å². The first-order valence-corrected chi connectivity index (χ1v) is 4.23. The number of hydrogen-bond donors (Lipinski definition) is 0. The van der Waals surface area contributed by atoms with Gasteiger partial charge in [-0.3, -0.25) is 14.9 Å². The van der Waals surface area contributed by atoms with Gasteiger partial charge in [-0.2, -0.15) is 0 Å². The van der Waals surface area contributed by atoms with Crippen LogP contribution in [-0.2, 0) is 4.79 Å². The monoisotopic (exact) mass is 229 g/mol. The molecule has 0 aliphatic carbocycles. The molecule has 0 spiro atoms. The molecule has 0 bridgehead atoms. The van der Waals surface area contributed by atoms with E-state index in [4.69, 9.17) is 16.4 Å². The lowest BCUT2D eigenvalue weighted by Gasteiger charge is -1.94. The van der Waals surface area contributed by atoms with Gasteiger partial charge in [-0.05, 0) is 19.1 Å². The molecular weight excluding hydrogens is 222 g/mol. The zero-order valence-electron chi connectivity index (χ0n) is 7.84. The number of hydrogen-bond acceptors (Lipinski definition) is 4. The van der Waals surface area contributed by atoms with Gasteiger partial charge >= 0.3 is 0 Å². The first-order valence-electron chi connectivity index (χ1n) is 3.85. The van der Waals surface area contributed by atoms with Crippen molar-refractivity contribution in [3.05, 3.63) is 38.9 Å². The van der Waals surface area contributed by atoms with Crippen LogP contribution < -0.4 is 0 Å². The number of nitrogens with zero attached hydrogens (tertiary/aromatic N) is 1. The lowest BCUT2D eigenvalue weighted by molar-refractivity contribution is -0.384. The summed E-state index contributed by atoms with van der Waals surface area (Å²) < 4.78 is 0. The highest BCUT2D eigenvalue weighted by Crippen LogP contribution is 2.24. The second-order valence-corrected chi connectivity index (χ2v) is 2.73. The standard InChI is InChI=1S/C7H4ClNO3.C2H4O/c8-6-2-1-5(4-10)3-7(6)9(11)12;1-2-3/h1-4H;2H,1H3. The molecule has 0 radical (unpaired) electrons. The molecule has 1 aromatic rings. The average molecular weight is 230 g/mol. The summed E-state index contributed by atoms with van der Waals surface area (Å²) in [4.78, 5) is 28.7. The second kappa shape index (κ2) is 6.67. The fourth-order valence-electron chi connectivity index (χ4n) is 0.743. The number of aldehydes is 2. The zero-order valence-corrected chi connectivity index (χ0v) is 8.60. The molecule has 0 N–H and O–H groups in total. The molecule has 0 fully saturated rings. The minimum atomic E-state index is -0.630. The summed E-state index contributed by atoms with van der Waals surface area (Å²) in [6.45, 7) is 1.44. The summed E-state index contributed by atoms with van der Waals surface area (Å²) >= 11 is 5.49. The van der Waals surface area contributed by atoms with Gasteiger partial charge in [0.1, 0.15) is 17.6 Å². The van der Waals surface area contributed by atoms with Crippen LogP contribution >= 0.6 is 11.6 Å². The summed E-state index contributed by atoms with van der Waals surface area (Å²) in [5.41, 5.74) is -0.00707. The van der Waals surface area contributed by atoms with Crippen molar-refractivity contribution < 1.29 is 14.5 Å². The lowest BCUT2D eigenvalue weighted by Crippen LogP contribution is -1.90. The van der Waals surface area contributed by atoms with Crippen molar-refractivity contribution in [3.63, 3.8) is 0 Å². The summed E-state index contributed by atoms with van der Waals surface area (Å²) in [5.74, 6) is 0. The highest BCUT2D eigenvalue weighted by molar-refractivity contribution is 6.32. The molecule has 15 heavy (non-hydrogen) atoms. The van der Waals surface area contributed by atoms with Crippen molar-refractivity contribution in [2.75, 3.05) is 0 Å². The first-order chi connectivity index (χ1) is 7.06. The van der Waals surface area contributed by atoms with Crippen LogP contribution in [-0.4, -0.2) is 17.5 Å². The zero-order chi connectivity index (χ0) is 11.8. The quantitative estimate of drug-likeness (QED) is 0.443. The van der Waals surface area contributed by atoms with Crippen LogP contribution in [0.15, 0.2) is 18.2 Å². The molecule has 6 heteroatoms. The van der Waals surface area contributed by atoms with Crippen LogP contribution in [0.5, 0.6) is 0 Å². The smallest absolute Gasteiger partial charge is 0.288 e. The number of rotatable bonds is 2. The van der Waals surface area contributed by atoms with E-state index in [0.717, 1.165) is 12.4 Å². The maximum Gasteiger partial charge on any atom is 0.288 e. The molecule has 0 amide bonds. The predicted octanol–water partition coefficient (Wildman–Crippen LogP) is 2.27. The van der Waals surface area contributed by atoms with Crippen LogP contribution in [0.25, 0.3) is 0 Å². The Bertz CT molecular complexity index is 378. The molecule has 0 saturated carbocycles. The summed E-state index contributed by atoms with van der Waals surface area (Å²) in [6.07, 6.45) is 1.28. The van der Waals surface area contributed by atoms with Gasteiger partial charge < -0.3 is 4.79 Å². The number of carbonyl (C=O) groups excluding carboxylic acids is 2. The third-order valence-corrected chi connectivity index (χ3v) is 1.62. The molecule has 1 rings (SSSR count). The minimum absolute atomic E-state index is 0.0330. The van der Waals surface area contributed by atoms with Crippen molar-refractivity contribution in [1.29, 1.82) is 0 Å². The van der Waals surface area contributed by atoms with Crippen molar-refractivity contribution in [2.24, 2.45) is 0 Å². The van der Waals surface area contributed by atoms with E-state index < -0.39 is 4.92 Å². The minimum Gasteiger partial charge on any atom is -0.304 e. The van der Waals surface area contributed by atoms with Crippen LogP contribution in [0.2, 0.25) is 5.02 Å². The second-order valence-electron chi connectivity index (χ2n) is 2.32. The Morgan fingerprint density at radius 2 is 1.93 bits per heavy atom. The molecule has 0 saturated heterocycles. The molecule has 80 valence electrons. The topological polar surface area (TPSA) is 77.3 Å². The van der Waals surface area contributed by atoms with Gasteiger partial charge in [0.2, 0.25) is 0 Å². The van der Waals surface area contributed by atoms with Crippen LogP contribution in [0.3, 0.4) is 0 Å². The van der Waals surface area contributed by atoms with E-state index in [1.807, 2.05) is 0 Å². The fourth-order valence-corrected chi connectivity index (χ4v) is 0.929. The van der Waals surface area contributed by atoms with Gasteiger partial charge in [-0.1, -0.05) is 11.6 Å². The van der Waals surface area contributed by atoms with Crippen molar-refractivity contribution >= 4 is 29.9 Å². The Labute approximate surface area is 90.8 Å². The maximum atomic E-state index is 10.3. The predicted molar refractivity (Wildman–Crippen MR) is 55.2 cm³/mol. The number of nitro benzene ring substituents is 1. The molecule has 0 aliphatic heterocycles. The van der Waals surface area contributed by atoms with E-state index in [1.165, 1.54) is 19.1 Å². The SMILES string of the molecule is CC=O.O=Cc1ccc(Cl)c([N+](=O)[O-])c1. The first kappa shape index (κ1) is 13.2. The van der Waals surface area contributed by atoms with Crippen molar-refractivity contribution in [3.8, 4) is 0 Å². The van der Waals surface area contributed by atoms with Crippen LogP contribution in [0.4, 0.5) is 5.69 Å². The number of carbonyl (C=O) groups is 2. The van der Waals surface area contributed by atoms with Gasteiger partial charge in [0.05, 0.1) is 4.92 Å².